The quantitative estimate of drug-likeness (QED) is 0.670. The van der Waals surface area contributed by atoms with Crippen molar-refractivity contribution in [2.24, 2.45) is 0 Å². The Morgan fingerprint density at radius 1 is 1.27 bits per heavy atom. The molecule has 0 radical (unpaired) electrons. The van der Waals surface area contributed by atoms with Crippen LogP contribution in [0.15, 0.2) is 23.6 Å². The van der Waals surface area contributed by atoms with Crippen molar-refractivity contribution in [3.63, 3.8) is 0 Å². The van der Waals surface area contributed by atoms with Crippen LogP contribution in [-0.2, 0) is 4.79 Å². The summed E-state index contributed by atoms with van der Waals surface area (Å²) in [6.07, 6.45) is 4.74. The summed E-state index contributed by atoms with van der Waals surface area (Å²) < 4.78 is 0. The fourth-order valence-electron chi connectivity index (χ4n) is 2.09. The summed E-state index contributed by atoms with van der Waals surface area (Å²) in [4.78, 5) is 16.1. The van der Waals surface area contributed by atoms with E-state index >= 15 is 0 Å². The van der Waals surface area contributed by atoms with Crippen LogP contribution in [0.5, 0.6) is 11.5 Å². The maximum absolute atomic E-state index is 11.8. The van der Waals surface area contributed by atoms with Gasteiger partial charge in [0, 0.05) is 23.4 Å². The number of aromatic hydroxyl groups is 2. The zero-order valence-electron chi connectivity index (χ0n) is 12.5. The van der Waals surface area contributed by atoms with E-state index in [1.807, 2.05) is 0 Å². The third kappa shape index (κ3) is 4.46. The van der Waals surface area contributed by atoms with Gasteiger partial charge in [0.25, 0.3) is 0 Å². The number of carbonyl (C=O) groups is 1. The number of hydrogen-bond donors (Lipinski definition) is 3. The lowest BCUT2D eigenvalue weighted by atomic mass is 10.1. The number of hydrogen-bond acceptors (Lipinski definition) is 5. The fraction of sp³-hybridized carbons (Fsp3) is 0.375. The van der Waals surface area contributed by atoms with Gasteiger partial charge in [0.05, 0.1) is 5.69 Å². The van der Waals surface area contributed by atoms with Crippen molar-refractivity contribution >= 4 is 22.4 Å². The Balaban J connectivity index is 1.95. The van der Waals surface area contributed by atoms with Crippen LogP contribution in [0.4, 0.5) is 5.13 Å². The van der Waals surface area contributed by atoms with Crippen LogP contribution in [0.3, 0.4) is 0 Å². The standard InChI is InChI=1S/C16H20N2O3S/c1-2-3-4-5-6-15(21)18-16-17-13(10-22-16)12-8-7-11(19)9-14(12)20/h7-10,19-20H,2-6H2,1H3,(H,17,18,21). The first kappa shape index (κ1) is 16.3. The molecule has 3 N–H and O–H groups in total. The molecule has 0 unspecified atom stereocenters. The monoisotopic (exact) mass is 320 g/mol. The van der Waals surface area contributed by atoms with Gasteiger partial charge in [-0.05, 0) is 18.6 Å². The van der Waals surface area contributed by atoms with Crippen LogP contribution >= 0.6 is 11.3 Å². The lowest BCUT2D eigenvalue weighted by Gasteiger charge is -2.02. The summed E-state index contributed by atoms with van der Waals surface area (Å²) in [5.41, 5.74) is 1.10. The van der Waals surface area contributed by atoms with Crippen LogP contribution in [0.25, 0.3) is 11.3 Å². The lowest BCUT2D eigenvalue weighted by Crippen LogP contribution is -2.10. The number of amides is 1. The van der Waals surface area contributed by atoms with Crippen molar-refractivity contribution in [2.45, 2.75) is 39.0 Å². The Kier molecular flexibility index (Phi) is 5.77. The predicted octanol–water partition coefficient (Wildman–Crippen LogP) is 4.13. The third-order valence-corrected chi connectivity index (χ3v) is 4.02. The highest BCUT2D eigenvalue weighted by atomic mass is 32.1. The number of aromatic nitrogens is 1. The van der Waals surface area contributed by atoms with E-state index in [4.69, 9.17) is 0 Å². The number of nitrogens with zero attached hydrogens (tertiary/aromatic N) is 1. The molecule has 0 bridgehead atoms. The Morgan fingerprint density at radius 3 is 2.82 bits per heavy atom. The first-order valence-electron chi connectivity index (χ1n) is 7.38. The molecule has 0 aliphatic carbocycles. The molecule has 0 saturated carbocycles. The first-order chi connectivity index (χ1) is 10.6. The Labute approximate surface area is 133 Å². The highest BCUT2D eigenvalue weighted by Crippen LogP contribution is 2.33. The Morgan fingerprint density at radius 2 is 2.09 bits per heavy atom. The van der Waals surface area contributed by atoms with Gasteiger partial charge in [-0.15, -0.1) is 11.3 Å². The van der Waals surface area contributed by atoms with E-state index in [0.717, 1.165) is 25.7 Å². The van der Waals surface area contributed by atoms with Gasteiger partial charge in [-0.3, -0.25) is 4.79 Å². The zero-order valence-corrected chi connectivity index (χ0v) is 13.3. The van der Waals surface area contributed by atoms with Gasteiger partial charge in [0.2, 0.25) is 5.91 Å². The van der Waals surface area contributed by atoms with Gasteiger partial charge in [0.15, 0.2) is 5.13 Å². The van der Waals surface area contributed by atoms with E-state index in [9.17, 15) is 15.0 Å². The molecule has 0 spiro atoms. The van der Waals surface area contributed by atoms with E-state index in [-0.39, 0.29) is 17.4 Å². The molecular formula is C16H20N2O3S. The number of anilines is 1. The summed E-state index contributed by atoms with van der Waals surface area (Å²) in [6.45, 7) is 2.13. The smallest absolute Gasteiger partial charge is 0.226 e. The third-order valence-electron chi connectivity index (χ3n) is 3.27. The molecule has 0 fully saturated rings. The van der Waals surface area contributed by atoms with Crippen LogP contribution < -0.4 is 5.32 Å². The van der Waals surface area contributed by atoms with Gasteiger partial charge >= 0.3 is 0 Å². The number of rotatable bonds is 7. The molecule has 2 aromatic rings. The Hall–Kier alpha value is -2.08. The van der Waals surface area contributed by atoms with Gasteiger partial charge in [0.1, 0.15) is 11.5 Å². The summed E-state index contributed by atoms with van der Waals surface area (Å²) in [6, 6.07) is 4.34. The maximum atomic E-state index is 11.8. The van der Waals surface area contributed by atoms with Crippen molar-refractivity contribution in [1.29, 1.82) is 0 Å². The van der Waals surface area contributed by atoms with E-state index < -0.39 is 0 Å². The van der Waals surface area contributed by atoms with E-state index in [1.165, 1.54) is 23.5 Å². The number of benzene rings is 1. The van der Waals surface area contributed by atoms with Crippen molar-refractivity contribution < 1.29 is 15.0 Å². The number of unbranched alkanes of at least 4 members (excludes halogenated alkanes) is 3. The topological polar surface area (TPSA) is 82.5 Å². The molecule has 6 heteroatoms. The number of phenols is 2. The highest BCUT2D eigenvalue weighted by Gasteiger charge is 2.11. The molecular weight excluding hydrogens is 300 g/mol. The number of carbonyl (C=O) groups excluding carboxylic acids is 1. The summed E-state index contributed by atoms with van der Waals surface area (Å²) >= 11 is 1.31. The van der Waals surface area contributed by atoms with Crippen LogP contribution in [0, 0.1) is 0 Å². The van der Waals surface area contributed by atoms with Crippen LogP contribution in [-0.4, -0.2) is 21.1 Å². The molecule has 0 saturated heterocycles. The fourth-order valence-corrected chi connectivity index (χ4v) is 2.81. The summed E-state index contributed by atoms with van der Waals surface area (Å²) in [7, 11) is 0. The van der Waals surface area contributed by atoms with Gasteiger partial charge in [-0.1, -0.05) is 26.2 Å². The minimum Gasteiger partial charge on any atom is -0.508 e. The molecule has 1 aromatic carbocycles. The average Bonchev–Trinajstić information content (AvgIpc) is 2.92. The van der Waals surface area contributed by atoms with Crippen molar-refractivity contribution in [2.75, 3.05) is 5.32 Å². The highest BCUT2D eigenvalue weighted by molar-refractivity contribution is 7.14. The molecule has 118 valence electrons. The second-order valence-electron chi connectivity index (χ2n) is 5.10. The van der Waals surface area contributed by atoms with E-state index in [0.29, 0.717) is 22.8 Å². The van der Waals surface area contributed by atoms with Gasteiger partial charge in [-0.2, -0.15) is 0 Å². The van der Waals surface area contributed by atoms with E-state index in [1.54, 1.807) is 11.4 Å². The van der Waals surface area contributed by atoms with Gasteiger partial charge < -0.3 is 15.5 Å². The molecule has 0 aliphatic rings. The zero-order chi connectivity index (χ0) is 15.9. The average molecular weight is 320 g/mol. The second kappa shape index (κ2) is 7.79. The molecule has 22 heavy (non-hydrogen) atoms. The van der Waals surface area contributed by atoms with Crippen LogP contribution in [0.2, 0.25) is 0 Å². The summed E-state index contributed by atoms with van der Waals surface area (Å²) in [5, 5.41) is 24.2. The number of phenolic OH excluding ortho intramolecular Hbond substituents is 2. The minimum atomic E-state index is -0.0391. The van der Waals surface area contributed by atoms with Gasteiger partial charge in [-0.25, -0.2) is 4.98 Å². The predicted molar refractivity (Wildman–Crippen MR) is 88.3 cm³/mol. The largest absolute Gasteiger partial charge is 0.508 e. The first-order valence-corrected chi connectivity index (χ1v) is 8.26. The molecule has 5 nitrogen and oxygen atoms in total. The van der Waals surface area contributed by atoms with Crippen molar-refractivity contribution in [1.82, 2.24) is 4.98 Å². The molecule has 1 aromatic heterocycles. The number of thiazole rings is 1. The lowest BCUT2D eigenvalue weighted by molar-refractivity contribution is -0.116. The maximum Gasteiger partial charge on any atom is 0.226 e. The normalized spacial score (nSPS) is 10.6. The van der Waals surface area contributed by atoms with E-state index in [2.05, 4.69) is 17.2 Å². The van der Waals surface area contributed by atoms with Crippen molar-refractivity contribution in [3.05, 3.63) is 23.6 Å². The second-order valence-corrected chi connectivity index (χ2v) is 5.96. The van der Waals surface area contributed by atoms with Crippen LogP contribution in [0.1, 0.15) is 39.0 Å². The number of nitrogens with one attached hydrogen (secondary N) is 1. The minimum absolute atomic E-state index is 0.00270. The summed E-state index contributed by atoms with van der Waals surface area (Å²) in [5.74, 6) is -0.0771. The molecule has 1 amide bonds. The molecule has 2 rings (SSSR count). The van der Waals surface area contributed by atoms with Crippen molar-refractivity contribution in [3.8, 4) is 22.8 Å². The SMILES string of the molecule is CCCCCCC(=O)Nc1nc(-c2ccc(O)cc2O)cs1. The molecule has 0 atom stereocenters. The molecule has 0 aliphatic heterocycles. The Bertz CT molecular complexity index is 640. The molecule has 1 heterocycles.